The van der Waals surface area contributed by atoms with E-state index < -0.39 is 0 Å². The Hall–Kier alpha value is -1.86. The van der Waals surface area contributed by atoms with Gasteiger partial charge in [0.25, 0.3) is 0 Å². The fourth-order valence-electron chi connectivity index (χ4n) is 1.96. The highest BCUT2D eigenvalue weighted by molar-refractivity contribution is 9.10. The molecule has 3 N–H and O–H groups in total. The molecule has 0 spiro atoms. The molecular formula is C14H17BrN4O2. The number of rotatable bonds is 5. The van der Waals surface area contributed by atoms with Crippen LogP contribution in [0.15, 0.2) is 41.1 Å². The average molecular weight is 353 g/mol. The number of benzene rings is 1. The lowest BCUT2D eigenvalue weighted by atomic mass is 10.3. The molecule has 0 unspecified atom stereocenters. The van der Waals surface area contributed by atoms with Crippen molar-refractivity contribution in [2.45, 2.75) is 19.5 Å². The van der Waals surface area contributed by atoms with E-state index in [4.69, 9.17) is 5.11 Å². The summed E-state index contributed by atoms with van der Waals surface area (Å²) in [5.41, 5.74) is 0.710. The van der Waals surface area contributed by atoms with Gasteiger partial charge < -0.3 is 20.3 Å². The number of nitrogens with one attached hydrogen (secondary N) is 2. The van der Waals surface area contributed by atoms with E-state index in [1.54, 1.807) is 24.5 Å². The fourth-order valence-corrected chi connectivity index (χ4v) is 2.22. The first-order valence-electron chi connectivity index (χ1n) is 6.55. The second-order valence-corrected chi connectivity index (χ2v) is 5.45. The normalized spacial score (nSPS) is 12.0. The third-order valence-electron chi connectivity index (χ3n) is 2.93. The van der Waals surface area contributed by atoms with Crippen LogP contribution >= 0.6 is 15.9 Å². The van der Waals surface area contributed by atoms with E-state index in [1.807, 2.05) is 23.6 Å². The Bertz CT molecular complexity index is 597. The number of halogens is 1. The van der Waals surface area contributed by atoms with Crippen LogP contribution in [0.5, 0.6) is 0 Å². The van der Waals surface area contributed by atoms with Gasteiger partial charge in [0.2, 0.25) is 0 Å². The standard InChI is InChI=1S/C14H17BrN4O2/c1-10(13-16-6-7-19(13)8-9-20)17-14(21)18-12-4-2-11(15)3-5-12/h2-7,10,20H,8-9H2,1H3,(H2,17,18,21)/t10-/m0/s1. The quantitative estimate of drug-likeness (QED) is 0.773. The summed E-state index contributed by atoms with van der Waals surface area (Å²) in [4.78, 5) is 16.2. The first kappa shape index (κ1) is 15.5. The van der Waals surface area contributed by atoms with Crippen molar-refractivity contribution >= 4 is 27.6 Å². The summed E-state index contributed by atoms with van der Waals surface area (Å²) in [6, 6.07) is 6.76. The Morgan fingerprint density at radius 3 is 2.81 bits per heavy atom. The summed E-state index contributed by atoms with van der Waals surface area (Å²) in [5.74, 6) is 0.704. The SMILES string of the molecule is C[C@H](NC(=O)Nc1ccc(Br)cc1)c1nccn1CCO. The summed E-state index contributed by atoms with van der Waals surface area (Å²) < 4.78 is 2.76. The van der Waals surface area contributed by atoms with Crippen molar-refractivity contribution < 1.29 is 9.90 Å². The van der Waals surface area contributed by atoms with Gasteiger partial charge >= 0.3 is 6.03 Å². The average Bonchev–Trinajstić information content (AvgIpc) is 2.90. The van der Waals surface area contributed by atoms with Crippen LogP contribution in [0.1, 0.15) is 18.8 Å². The van der Waals surface area contributed by atoms with Gasteiger partial charge in [-0.2, -0.15) is 0 Å². The minimum atomic E-state index is -0.302. The minimum absolute atomic E-state index is 0.0289. The largest absolute Gasteiger partial charge is 0.395 e. The van der Waals surface area contributed by atoms with Crippen LogP contribution in [-0.4, -0.2) is 27.3 Å². The number of imidazole rings is 1. The van der Waals surface area contributed by atoms with Crippen LogP contribution in [0.2, 0.25) is 0 Å². The van der Waals surface area contributed by atoms with Crippen molar-refractivity contribution in [3.8, 4) is 0 Å². The fraction of sp³-hybridized carbons (Fsp3) is 0.286. The molecule has 0 aliphatic carbocycles. The zero-order chi connectivity index (χ0) is 15.2. The van der Waals surface area contributed by atoms with Crippen molar-refractivity contribution in [1.29, 1.82) is 0 Å². The molecule has 0 aliphatic rings. The molecule has 0 fully saturated rings. The zero-order valence-electron chi connectivity index (χ0n) is 11.6. The highest BCUT2D eigenvalue weighted by atomic mass is 79.9. The lowest BCUT2D eigenvalue weighted by Gasteiger charge is -2.16. The second kappa shape index (κ2) is 7.24. The van der Waals surface area contributed by atoms with Crippen LogP contribution in [0.25, 0.3) is 0 Å². The van der Waals surface area contributed by atoms with Gasteiger partial charge in [-0.3, -0.25) is 0 Å². The van der Waals surface area contributed by atoms with Gasteiger partial charge in [-0.15, -0.1) is 0 Å². The van der Waals surface area contributed by atoms with Gasteiger partial charge in [-0.25, -0.2) is 9.78 Å². The van der Waals surface area contributed by atoms with Gasteiger partial charge in [0, 0.05) is 29.1 Å². The van der Waals surface area contributed by atoms with Crippen molar-refractivity contribution in [2.75, 3.05) is 11.9 Å². The number of anilines is 1. The molecular weight excluding hydrogens is 336 g/mol. The van der Waals surface area contributed by atoms with Gasteiger partial charge in [-0.1, -0.05) is 15.9 Å². The molecule has 1 heterocycles. The molecule has 2 rings (SSSR count). The summed E-state index contributed by atoms with van der Waals surface area (Å²) in [6.45, 7) is 2.33. The molecule has 7 heteroatoms. The van der Waals surface area contributed by atoms with Crippen molar-refractivity contribution in [3.63, 3.8) is 0 Å². The number of amides is 2. The van der Waals surface area contributed by atoms with Crippen molar-refractivity contribution in [2.24, 2.45) is 0 Å². The molecule has 6 nitrogen and oxygen atoms in total. The smallest absolute Gasteiger partial charge is 0.319 e. The molecule has 0 radical (unpaired) electrons. The third-order valence-corrected chi connectivity index (χ3v) is 3.45. The van der Waals surface area contributed by atoms with E-state index >= 15 is 0 Å². The van der Waals surface area contributed by atoms with Gasteiger partial charge in [0.15, 0.2) is 0 Å². The van der Waals surface area contributed by atoms with Gasteiger partial charge in [0.1, 0.15) is 5.82 Å². The maximum absolute atomic E-state index is 12.0. The lowest BCUT2D eigenvalue weighted by molar-refractivity contribution is 0.248. The summed E-state index contributed by atoms with van der Waals surface area (Å²) in [6.07, 6.45) is 3.42. The van der Waals surface area contributed by atoms with Gasteiger partial charge in [-0.05, 0) is 31.2 Å². The van der Waals surface area contributed by atoms with Crippen LogP contribution in [0.3, 0.4) is 0 Å². The first-order chi connectivity index (χ1) is 10.1. The molecule has 0 aliphatic heterocycles. The molecule has 21 heavy (non-hydrogen) atoms. The highest BCUT2D eigenvalue weighted by Gasteiger charge is 2.14. The highest BCUT2D eigenvalue weighted by Crippen LogP contribution is 2.15. The Labute approximate surface area is 131 Å². The van der Waals surface area contributed by atoms with E-state index in [-0.39, 0.29) is 18.7 Å². The maximum atomic E-state index is 12.0. The number of urea groups is 1. The minimum Gasteiger partial charge on any atom is -0.395 e. The Morgan fingerprint density at radius 1 is 1.43 bits per heavy atom. The summed E-state index contributed by atoms with van der Waals surface area (Å²) in [5, 5.41) is 14.6. The maximum Gasteiger partial charge on any atom is 0.319 e. The number of nitrogens with zero attached hydrogens (tertiary/aromatic N) is 2. The number of carbonyl (C=O) groups is 1. The van der Waals surface area contributed by atoms with Crippen LogP contribution in [0.4, 0.5) is 10.5 Å². The monoisotopic (exact) mass is 352 g/mol. The van der Waals surface area contributed by atoms with E-state index in [0.717, 1.165) is 4.47 Å². The van der Waals surface area contributed by atoms with E-state index in [9.17, 15) is 4.79 Å². The molecule has 2 aromatic rings. The van der Waals surface area contributed by atoms with Crippen LogP contribution in [0, 0.1) is 0 Å². The molecule has 1 atom stereocenters. The first-order valence-corrected chi connectivity index (χ1v) is 7.34. The molecule has 0 saturated carbocycles. The predicted octanol–water partition coefficient (Wildman–Crippen LogP) is 2.52. The molecule has 112 valence electrons. The number of carbonyl (C=O) groups excluding carboxylic acids is 1. The van der Waals surface area contributed by atoms with Crippen molar-refractivity contribution in [1.82, 2.24) is 14.9 Å². The number of hydrogen-bond donors (Lipinski definition) is 3. The topological polar surface area (TPSA) is 79.2 Å². The molecule has 0 bridgehead atoms. The summed E-state index contributed by atoms with van der Waals surface area (Å²) >= 11 is 3.34. The third kappa shape index (κ3) is 4.30. The molecule has 1 aromatic heterocycles. The van der Waals surface area contributed by atoms with E-state index in [0.29, 0.717) is 18.1 Å². The van der Waals surface area contributed by atoms with Crippen LogP contribution < -0.4 is 10.6 Å². The van der Waals surface area contributed by atoms with Crippen molar-refractivity contribution in [3.05, 3.63) is 47.0 Å². The second-order valence-electron chi connectivity index (χ2n) is 4.53. The Balaban J connectivity index is 1.95. The number of aliphatic hydroxyl groups is 1. The zero-order valence-corrected chi connectivity index (χ0v) is 13.2. The Kier molecular flexibility index (Phi) is 5.35. The number of aliphatic hydroxyl groups excluding tert-OH is 1. The van der Waals surface area contributed by atoms with Gasteiger partial charge in [0.05, 0.1) is 12.6 Å². The number of aromatic nitrogens is 2. The van der Waals surface area contributed by atoms with Crippen LogP contribution in [-0.2, 0) is 6.54 Å². The molecule has 0 saturated heterocycles. The summed E-state index contributed by atoms with van der Waals surface area (Å²) in [7, 11) is 0. The van der Waals surface area contributed by atoms with E-state index in [1.165, 1.54) is 0 Å². The Morgan fingerprint density at radius 2 is 2.14 bits per heavy atom. The van der Waals surface area contributed by atoms with E-state index in [2.05, 4.69) is 31.5 Å². The molecule has 1 aromatic carbocycles. The lowest BCUT2D eigenvalue weighted by Crippen LogP contribution is -2.32. The predicted molar refractivity (Wildman–Crippen MR) is 84.0 cm³/mol. The molecule has 2 amide bonds. The number of hydrogen-bond acceptors (Lipinski definition) is 3.